The van der Waals surface area contributed by atoms with Gasteiger partial charge in [-0.25, -0.2) is 4.39 Å². The van der Waals surface area contributed by atoms with Crippen LogP contribution in [0.3, 0.4) is 0 Å². The van der Waals surface area contributed by atoms with E-state index in [0.29, 0.717) is 28.6 Å². The number of carbonyl (C=O) groups excluding carboxylic acids is 2. The van der Waals surface area contributed by atoms with Gasteiger partial charge < -0.3 is 16.0 Å². The molecule has 2 aliphatic rings. The molecule has 2 amide bonds. The molecule has 31 heavy (non-hydrogen) atoms. The highest BCUT2D eigenvalue weighted by molar-refractivity contribution is 6.30. The second kappa shape index (κ2) is 9.69. The van der Waals surface area contributed by atoms with Crippen LogP contribution in [0.1, 0.15) is 55.3 Å². The van der Waals surface area contributed by atoms with Crippen molar-refractivity contribution in [1.29, 1.82) is 0 Å². The number of carbonyl (C=O) groups is 2. The lowest BCUT2D eigenvalue weighted by molar-refractivity contribution is -0.123. The summed E-state index contributed by atoms with van der Waals surface area (Å²) < 4.78 is 14.0. The summed E-state index contributed by atoms with van der Waals surface area (Å²) in [4.78, 5) is 25.7. The minimum Gasteiger partial charge on any atom is -0.353 e. The van der Waals surface area contributed by atoms with Crippen molar-refractivity contribution in [1.82, 2.24) is 10.6 Å². The highest BCUT2D eigenvalue weighted by Crippen LogP contribution is 2.29. The van der Waals surface area contributed by atoms with Crippen molar-refractivity contribution in [3.8, 4) is 0 Å². The first-order valence-corrected chi connectivity index (χ1v) is 11.3. The number of hydrogen-bond acceptors (Lipinski definition) is 3. The molecule has 0 heterocycles. The molecule has 0 aromatic heterocycles. The quantitative estimate of drug-likeness (QED) is 0.526. The Kier molecular flexibility index (Phi) is 6.76. The van der Waals surface area contributed by atoms with Crippen molar-refractivity contribution in [3.05, 3.63) is 58.9 Å². The maximum absolute atomic E-state index is 14.0. The van der Waals surface area contributed by atoms with E-state index in [1.54, 1.807) is 24.3 Å². The smallest absolute Gasteiger partial charge is 0.252 e. The predicted molar refractivity (Wildman–Crippen MR) is 120 cm³/mol. The molecule has 0 radical (unpaired) electrons. The van der Waals surface area contributed by atoms with Crippen molar-refractivity contribution in [2.24, 2.45) is 5.92 Å². The molecule has 2 aliphatic carbocycles. The minimum atomic E-state index is -0.543. The maximum Gasteiger partial charge on any atom is 0.252 e. The van der Waals surface area contributed by atoms with Gasteiger partial charge >= 0.3 is 0 Å². The normalized spacial score (nSPS) is 17.2. The van der Waals surface area contributed by atoms with Gasteiger partial charge in [0.05, 0.1) is 5.69 Å². The summed E-state index contributed by atoms with van der Waals surface area (Å²) in [5.41, 5.74) is 1.19. The number of hydrogen-bond donors (Lipinski definition) is 3. The molecular weight excluding hydrogens is 417 g/mol. The Morgan fingerprint density at radius 1 is 1.06 bits per heavy atom. The molecule has 0 bridgehead atoms. The SMILES string of the molecule is O=C(N[C@@H](CC1CCCC1)C(=O)NC1CC1)c1cccc(Nc2cc(Cl)ccc2F)c1. The van der Waals surface area contributed by atoms with E-state index in [2.05, 4.69) is 16.0 Å². The summed E-state index contributed by atoms with van der Waals surface area (Å²) in [6.07, 6.45) is 7.25. The summed E-state index contributed by atoms with van der Waals surface area (Å²) in [5.74, 6) is -0.385. The Bertz CT molecular complexity index is 958. The predicted octanol–water partition coefficient (Wildman–Crippen LogP) is 5.18. The average Bonchev–Trinajstić information content (AvgIpc) is 3.42. The van der Waals surface area contributed by atoms with Gasteiger partial charge in [-0.15, -0.1) is 0 Å². The Labute approximate surface area is 186 Å². The van der Waals surface area contributed by atoms with Crippen LogP contribution in [0.5, 0.6) is 0 Å². The molecule has 4 rings (SSSR count). The lowest BCUT2D eigenvalue weighted by Crippen LogP contribution is -2.48. The highest BCUT2D eigenvalue weighted by Gasteiger charge is 2.31. The van der Waals surface area contributed by atoms with Gasteiger partial charge in [-0.2, -0.15) is 0 Å². The van der Waals surface area contributed by atoms with Gasteiger partial charge in [-0.05, 0) is 61.6 Å². The topological polar surface area (TPSA) is 70.2 Å². The van der Waals surface area contributed by atoms with Crippen LogP contribution < -0.4 is 16.0 Å². The van der Waals surface area contributed by atoms with Crippen LogP contribution in [0, 0.1) is 11.7 Å². The standard InChI is InChI=1S/C24H27ClFN3O2/c25-17-8-11-20(26)21(14-17)27-19-7-3-6-16(13-19)23(30)29-22(12-15-4-1-2-5-15)24(31)28-18-9-10-18/h3,6-8,11,13-15,18,22,27H,1-2,4-5,9-10,12H2,(H,28,31)(H,29,30)/t22-/m0/s1. The fourth-order valence-electron chi connectivity index (χ4n) is 4.07. The van der Waals surface area contributed by atoms with Gasteiger partial charge in [-0.1, -0.05) is 43.4 Å². The van der Waals surface area contributed by atoms with Gasteiger partial charge in [0, 0.05) is 22.3 Å². The third-order valence-electron chi connectivity index (χ3n) is 5.92. The third-order valence-corrected chi connectivity index (χ3v) is 6.16. The molecule has 0 spiro atoms. The van der Waals surface area contributed by atoms with Crippen molar-refractivity contribution in [2.45, 2.75) is 57.0 Å². The van der Waals surface area contributed by atoms with E-state index in [0.717, 1.165) is 25.7 Å². The summed E-state index contributed by atoms with van der Waals surface area (Å²) in [6, 6.07) is 10.7. The first-order chi connectivity index (χ1) is 15.0. The fraction of sp³-hybridized carbons (Fsp3) is 0.417. The summed E-state index contributed by atoms with van der Waals surface area (Å²) in [7, 11) is 0. The monoisotopic (exact) mass is 443 g/mol. The second-order valence-electron chi connectivity index (χ2n) is 8.53. The lowest BCUT2D eigenvalue weighted by Gasteiger charge is -2.21. The molecule has 2 aromatic rings. The lowest BCUT2D eigenvalue weighted by atomic mass is 9.97. The van der Waals surface area contributed by atoms with Crippen LogP contribution in [0.2, 0.25) is 5.02 Å². The van der Waals surface area contributed by atoms with E-state index in [1.165, 1.54) is 31.0 Å². The van der Waals surface area contributed by atoms with Crippen LogP contribution in [-0.4, -0.2) is 23.9 Å². The number of halogens is 2. The Morgan fingerprint density at radius 2 is 1.84 bits per heavy atom. The summed E-state index contributed by atoms with van der Waals surface area (Å²) >= 11 is 5.95. The number of amides is 2. The molecule has 2 fully saturated rings. The van der Waals surface area contributed by atoms with Gasteiger partial charge in [-0.3, -0.25) is 9.59 Å². The molecule has 2 aromatic carbocycles. The molecule has 164 valence electrons. The van der Waals surface area contributed by atoms with Gasteiger partial charge in [0.1, 0.15) is 11.9 Å². The van der Waals surface area contributed by atoms with Gasteiger partial charge in [0.25, 0.3) is 5.91 Å². The molecule has 0 aliphatic heterocycles. The molecule has 5 nitrogen and oxygen atoms in total. The van der Waals surface area contributed by atoms with Crippen molar-refractivity contribution < 1.29 is 14.0 Å². The second-order valence-corrected chi connectivity index (χ2v) is 8.96. The zero-order valence-electron chi connectivity index (χ0n) is 17.3. The number of benzene rings is 2. The molecule has 2 saturated carbocycles. The molecule has 1 atom stereocenters. The zero-order valence-corrected chi connectivity index (χ0v) is 18.1. The zero-order chi connectivity index (χ0) is 21.8. The van der Waals surface area contributed by atoms with Gasteiger partial charge in [0.15, 0.2) is 0 Å². The number of nitrogens with one attached hydrogen (secondary N) is 3. The Morgan fingerprint density at radius 3 is 2.58 bits per heavy atom. The first kappa shape index (κ1) is 21.6. The van der Waals surface area contributed by atoms with Crippen LogP contribution >= 0.6 is 11.6 Å². The van der Waals surface area contributed by atoms with Crippen molar-refractivity contribution in [2.75, 3.05) is 5.32 Å². The van der Waals surface area contributed by atoms with E-state index < -0.39 is 11.9 Å². The van der Waals surface area contributed by atoms with E-state index in [1.807, 2.05) is 0 Å². The first-order valence-electron chi connectivity index (χ1n) is 10.9. The molecule has 3 N–H and O–H groups in total. The Hall–Kier alpha value is -2.60. The average molecular weight is 444 g/mol. The van der Waals surface area contributed by atoms with Gasteiger partial charge in [0.2, 0.25) is 5.91 Å². The van der Waals surface area contributed by atoms with E-state index in [4.69, 9.17) is 11.6 Å². The molecule has 7 heteroatoms. The van der Waals surface area contributed by atoms with E-state index in [-0.39, 0.29) is 23.5 Å². The molecule has 0 unspecified atom stereocenters. The summed E-state index contributed by atoms with van der Waals surface area (Å²) in [5, 5.41) is 9.32. The van der Waals surface area contributed by atoms with E-state index in [9.17, 15) is 14.0 Å². The van der Waals surface area contributed by atoms with Crippen molar-refractivity contribution >= 4 is 34.8 Å². The van der Waals surface area contributed by atoms with Crippen LogP contribution in [0.15, 0.2) is 42.5 Å². The van der Waals surface area contributed by atoms with Crippen LogP contribution in [-0.2, 0) is 4.79 Å². The molecule has 0 saturated heterocycles. The summed E-state index contributed by atoms with van der Waals surface area (Å²) in [6.45, 7) is 0. The number of anilines is 2. The van der Waals surface area contributed by atoms with E-state index >= 15 is 0 Å². The molecular formula is C24H27ClFN3O2. The fourth-order valence-corrected chi connectivity index (χ4v) is 4.24. The Balaban J connectivity index is 1.45. The van der Waals surface area contributed by atoms with Crippen molar-refractivity contribution in [3.63, 3.8) is 0 Å². The maximum atomic E-state index is 14.0. The van der Waals surface area contributed by atoms with Crippen LogP contribution in [0.4, 0.5) is 15.8 Å². The largest absolute Gasteiger partial charge is 0.353 e. The minimum absolute atomic E-state index is 0.0990. The van der Waals surface area contributed by atoms with Crippen LogP contribution in [0.25, 0.3) is 0 Å². The highest BCUT2D eigenvalue weighted by atomic mass is 35.5. The number of rotatable bonds is 8. The third kappa shape index (κ3) is 5.97.